The first-order chi connectivity index (χ1) is 7.58. The Hall–Kier alpha value is -1.13. The third-order valence-electron chi connectivity index (χ3n) is 2.72. The lowest BCUT2D eigenvalue weighted by molar-refractivity contribution is -0.384. The molecule has 2 rings (SSSR count). The van der Waals surface area contributed by atoms with Crippen LogP contribution in [0.25, 0.3) is 0 Å². The van der Waals surface area contributed by atoms with E-state index in [2.05, 4.69) is 5.32 Å². The molecule has 0 spiro atoms. The van der Waals surface area contributed by atoms with Crippen LogP contribution in [0.15, 0.2) is 18.2 Å². The van der Waals surface area contributed by atoms with E-state index in [1.807, 2.05) is 6.92 Å². The van der Waals surface area contributed by atoms with Gasteiger partial charge >= 0.3 is 0 Å². The molecule has 1 aliphatic carbocycles. The number of nitro groups is 1. The maximum absolute atomic E-state index is 10.6. The van der Waals surface area contributed by atoms with Gasteiger partial charge in [0.05, 0.1) is 9.95 Å². The van der Waals surface area contributed by atoms with Gasteiger partial charge in [0.15, 0.2) is 0 Å². The standard InChI is InChI=1S/C11H13ClN2O2/c1-7(13-8-2-3-8)10-5-4-9(14(15)16)6-11(10)12/h4-8,13H,2-3H2,1H3. The smallest absolute Gasteiger partial charge is 0.270 e. The molecule has 0 bridgehead atoms. The molecular formula is C11H13ClN2O2. The van der Waals surface area contributed by atoms with E-state index in [0.29, 0.717) is 11.1 Å². The van der Waals surface area contributed by atoms with Crippen molar-refractivity contribution in [1.29, 1.82) is 0 Å². The third kappa shape index (κ3) is 2.51. The summed E-state index contributed by atoms with van der Waals surface area (Å²) >= 11 is 6.03. The lowest BCUT2D eigenvalue weighted by Gasteiger charge is -2.14. The maximum atomic E-state index is 10.6. The second kappa shape index (κ2) is 4.39. The van der Waals surface area contributed by atoms with Gasteiger partial charge in [-0.15, -0.1) is 0 Å². The highest BCUT2D eigenvalue weighted by molar-refractivity contribution is 6.31. The highest BCUT2D eigenvalue weighted by Gasteiger charge is 2.24. The van der Waals surface area contributed by atoms with Crippen molar-refractivity contribution in [2.24, 2.45) is 0 Å². The number of nitrogens with zero attached hydrogens (tertiary/aromatic N) is 1. The van der Waals surface area contributed by atoms with Crippen LogP contribution in [0.5, 0.6) is 0 Å². The fourth-order valence-corrected chi connectivity index (χ4v) is 2.01. The van der Waals surface area contributed by atoms with Gasteiger partial charge in [0, 0.05) is 24.2 Å². The van der Waals surface area contributed by atoms with Crippen molar-refractivity contribution >= 4 is 17.3 Å². The zero-order valence-electron chi connectivity index (χ0n) is 8.94. The number of hydrogen-bond acceptors (Lipinski definition) is 3. The molecule has 1 aliphatic rings. The summed E-state index contributed by atoms with van der Waals surface area (Å²) in [7, 11) is 0. The van der Waals surface area contributed by atoms with E-state index in [-0.39, 0.29) is 11.7 Å². The second-order valence-electron chi connectivity index (χ2n) is 4.13. The average molecular weight is 241 g/mol. The fourth-order valence-electron chi connectivity index (χ4n) is 1.67. The maximum Gasteiger partial charge on any atom is 0.270 e. The normalized spacial score (nSPS) is 17.1. The Morgan fingerprint density at radius 3 is 2.75 bits per heavy atom. The summed E-state index contributed by atoms with van der Waals surface area (Å²) in [6, 6.07) is 5.34. The van der Waals surface area contributed by atoms with Gasteiger partial charge in [-0.1, -0.05) is 11.6 Å². The minimum Gasteiger partial charge on any atom is -0.307 e. The van der Waals surface area contributed by atoms with E-state index in [1.165, 1.54) is 25.0 Å². The predicted octanol–water partition coefficient (Wildman–Crippen LogP) is 3.06. The monoisotopic (exact) mass is 240 g/mol. The number of hydrogen-bond donors (Lipinski definition) is 1. The van der Waals surface area contributed by atoms with E-state index in [1.54, 1.807) is 6.07 Å². The molecule has 1 fully saturated rings. The molecule has 0 amide bonds. The van der Waals surface area contributed by atoms with E-state index in [9.17, 15) is 10.1 Å². The predicted molar refractivity (Wildman–Crippen MR) is 62.7 cm³/mol. The summed E-state index contributed by atoms with van der Waals surface area (Å²) in [5, 5.41) is 14.4. The first kappa shape index (κ1) is 11.4. The molecule has 0 saturated heterocycles. The number of nitrogens with one attached hydrogen (secondary N) is 1. The van der Waals surface area contributed by atoms with Crippen LogP contribution in [0.1, 0.15) is 31.4 Å². The van der Waals surface area contributed by atoms with Crippen molar-refractivity contribution in [3.63, 3.8) is 0 Å². The van der Waals surface area contributed by atoms with E-state index in [0.717, 1.165) is 5.56 Å². The van der Waals surface area contributed by atoms with Gasteiger partial charge < -0.3 is 5.32 Å². The van der Waals surface area contributed by atoms with Gasteiger partial charge in [0.25, 0.3) is 5.69 Å². The van der Waals surface area contributed by atoms with Crippen LogP contribution in [0, 0.1) is 10.1 Å². The second-order valence-corrected chi connectivity index (χ2v) is 4.53. The molecule has 1 atom stereocenters. The molecule has 0 aromatic heterocycles. The highest BCUT2D eigenvalue weighted by Crippen LogP contribution is 2.30. The molecule has 0 heterocycles. The summed E-state index contributed by atoms with van der Waals surface area (Å²) in [4.78, 5) is 10.1. The number of non-ortho nitro benzene ring substituents is 1. The third-order valence-corrected chi connectivity index (χ3v) is 3.05. The quantitative estimate of drug-likeness (QED) is 0.650. The molecule has 1 aromatic carbocycles. The first-order valence-electron chi connectivity index (χ1n) is 5.28. The number of rotatable bonds is 4. The van der Waals surface area contributed by atoms with Gasteiger partial charge in [0.1, 0.15) is 0 Å². The van der Waals surface area contributed by atoms with Crippen LogP contribution in [0.2, 0.25) is 5.02 Å². The number of benzene rings is 1. The van der Waals surface area contributed by atoms with Crippen LogP contribution in [0.4, 0.5) is 5.69 Å². The fraction of sp³-hybridized carbons (Fsp3) is 0.455. The minimum absolute atomic E-state index is 0.0346. The van der Waals surface area contributed by atoms with E-state index < -0.39 is 4.92 Å². The molecule has 0 aliphatic heterocycles. The van der Waals surface area contributed by atoms with Crippen LogP contribution >= 0.6 is 11.6 Å². The molecule has 16 heavy (non-hydrogen) atoms. The van der Waals surface area contributed by atoms with Gasteiger partial charge in [-0.3, -0.25) is 10.1 Å². The number of nitro benzene ring substituents is 1. The summed E-state index contributed by atoms with van der Waals surface area (Å²) < 4.78 is 0. The lowest BCUT2D eigenvalue weighted by atomic mass is 10.1. The molecule has 1 saturated carbocycles. The molecule has 1 N–H and O–H groups in total. The van der Waals surface area contributed by atoms with Crippen LogP contribution in [-0.2, 0) is 0 Å². The van der Waals surface area contributed by atoms with Crippen LogP contribution in [0.3, 0.4) is 0 Å². The summed E-state index contributed by atoms with van der Waals surface area (Å²) in [5.41, 5.74) is 0.950. The molecule has 0 radical (unpaired) electrons. The van der Waals surface area contributed by atoms with Crippen LogP contribution in [-0.4, -0.2) is 11.0 Å². The van der Waals surface area contributed by atoms with Gasteiger partial charge in [-0.05, 0) is 31.4 Å². The molecule has 4 nitrogen and oxygen atoms in total. The molecular weight excluding hydrogens is 228 g/mol. The van der Waals surface area contributed by atoms with Crippen molar-refractivity contribution in [2.45, 2.75) is 31.8 Å². The highest BCUT2D eigenvalue weighted by atomic mass is 35.5. The molecule has 86 valence electrons. The van der Waals surface area contributed by atoms with Crippen molar-refractivity contribution in [3.05, 3.63) is 38.9 Å². The minimum atomic E-state index is -0.436. The lowest BCUT2D eigenvalue weighted by Crippen LogP contribution is -2.20. The SMILES string of the molecule is CC(NC1CC1)c1ccc([N+](=O)[O-])cc1Cl. The zero-order chi connectivity index (χ0) is 11.7. The van der Waals surface area contributed by atoms with E-state index in [4.69, 9.17) is 11.6 Å². The number of halogens is 1. The topological polar surface area (TPSA) is 55.2 Å². The first-order valence-corrected chi connectivity index (χ1v) is 5.65. The van der Waals surface area contributed by atoms with Crippen molar-refractivity contribution in [1.82, 2.24) is 5.32 Å². The summed E-state index contributed by atoms with van der Waals surface area (Å²) in [6.45, 7) is 2.02. The van der Waals surface area contributed by atoms with Crippen molar-refractivity contribution in [2.75, 3.05) is 0 Å². The largest absolute Gasteiger partial charge is 0.307 e. The van der Waals surface area contributed by atoms with Gasteiger partial charge in [-0.25, -0.2) is 0 Å². The van der Waals surface area contributed by atoms with E-state index >= 15 is 0 Å². The van der Waals surface area contributed by atoms with Gasteiger partial charge in [0.2, 0.25) is 0 Å². The van der Waals surface area contributed by atoms with Crippen LogP contribution < -0.4 is 5.32 Å². The Morgan fingerprint density at radius 1 is 1.56 bits per heavy atom. The molecule has 1 aromatic rings. The summed E-state index contributed by atoms with van der Waals surface area (Å²) in [5.74, 6) is 0. The Morgan fingerprint density at radius 2 is 2.25 bits per heavy atom. The van der Waals surface area contributed by atoms with Crippen molar-refractivity contribution < 1.29 is 4.92 Å². The molecule has 1 unspecified atom stereocenters. The van der Waals surface area contributed by atoms with Crippen molar-refractivity contribution in [3.8, 4) is 0 Å². The molecule has 5 heteroatoms. The zero-order valence-corrected chi connectivity index (χ0v) is 9.70. The Labute approximate surface area is 98.8 Å². The summed E-state index contributed by atoms with van der Waals surface area (Å²) in [6.07, 6.45) is 2.41. The van der Waals surface area contributed by atoms with Gasteiger partial charge in [-0.2, -0.15) is 0 Å². The Kier molecular flexibility index (Phi) is 3.12. The Balaban J connectivity index is 2.17. The average Bonchev–Trinajstić information content (AvgIpc) is 3.01. The Bertz CT molecular complexity index is 418.